The van der Waals surface area contributed by atoms with Crippen LogP contribution in [0.25, 0.3) is 10.6 Å². The lowest BCUT2D eigenvalue weighted by molar-refractivity contribution is -0.136. The number of hydrogen-bond acceptors (Lipinski definition) is 7. The fraction of sp³-hybridized carbons (Fsp3) is 0.286. The minimum atomic E-state index is -0.792. The van der Waals surface area contributed by atoms with Crippen LogP contribution in [0.3, 0.4) is 0 Å². The van der Waals surface area contributed by atoms with Crippen molar-refractivity contribution in [2.75, 3.05) is 18.1 Å². The predicted molar refractivity (Wildman–Crippen MR) is 94.8 cm³/mol. The molecule has 0 aliphatic heterocycles. The lowest BCUT2D eigenvalue weighted by atomic mass is 10.3. The Kier molecular flexibility index (Phi) is 7.37. The number of aromatic nitrogens is 2. The van der Waals surface area contributed by atoms with Crippen LogP contribution in [0, 0.1) is 0 Å². The predicted octanol–water partition coefficient (Wildman–Crippen LogP) is 2.79. The molecule has 6 nitrogen and oxygen atoms in total. The van der Waals surface area contributed by atoms with Gasteiger partial charge < -0.3 is 10.4 Å². The zero-order valence-electron chi connectivity index (χ0n) is 12.1. The maximum absolute atomic E-state index is 12.0. The number of carboxylic acids is 1. The molecule has 2 aromatic heterocycles. The number of pyridine rings is 1. The van der Waals surface area contributed by atoms with E-state index in [0.717, 1.165) is 16.3 Å². The molecule has 0 radical (unpaired) electrons. The van der Waals surface area contributed by atoms with Crippen LogP contribution in [0.15, 0.2) is 29.9 Å². The maximum atomic E-state index is 12.0. The summed E-state index contributed by atoms with van der Waals surface area (Å²) in [4.78, 5) is 30.6. The Morgan fingerprint density at radius 2 is 1.96 bits per heavy atom. The molecule has 0 aromatic carbocycles. The van der Waals surface area contributed by atoms with Gasteiger partial charge in [0.2, 0.25) is 0 Å². The highest BCUT2D eigenvalue weighted by atomic mass is 33.1. The number of aliphatic carboxylic acids is 1. The summed E-state index contributed by atoms with van der Waals surface area (Å²) in [5, 5.41) is 13.8. The van der Waals surface area contributed by atoms with E-state index in [-0.39, 0.29) is 12.3 Å². The number of thiazole rings is 1. The van der Waals surface area contributed by atoms with Crippen LogP contribution in [0.5, 0.6) is 0 Å². The molecule has 122 valence electrons. The molecule has 0 bridgehead atoms. The summed E-state index contributed by atoms with van der Waals surface area (Å²) in [6.07, 6.45) is 3.53. The van der Waals surface area contributed by atoms with Crippen molar-refractivity contribution in [3.63, 3.8) is 0 Å². The zero-order valence-corrected chi connectivity index (χ0v) is 14.5. The summed E-state index contributed by atoms with van der Waals surface area (Å²) in [7, 11) is 3.04. The van der Waals surface area contributed by atoms with Gasteiger partial charge in [0, 0.05) is 41.4 Å². The minimum absolute atomic E-state index is 0.153. The molecule has 0 aliphatic carbocycles. The summed E-state index contributed by atoms with van der Waals surface area (Å²) in [6.45, 7) is 0.520. The number of carboxylic acid groups (broad SMARTS) is 1. The molecule has 2 heterocycles. The number of hydrogen-bond donors (Lipinski definition) is 2. The Balaban J connectivity index is 1.70. The van der Waals surface area contributed by atoms with E-state index in [1.807, 2.05) is 12.1 Å². The van der Waals surface area contributed by atoms with Crippen LogP contribution in [-0.4, -0.2) is 45.0 Å². The molecule has 0 unspecified atom stereocenters. The molecule has 2 rings (SSSR count). The summed E-state index contributed by atoms with van der Waals surface area (Å²) >= 11 is 1.42. The normalized spacial score (nSPS) is 10.4. The Morgan fingerprint density at radius 3 is 2.70 bits per heavy atom. The lowest BCUT2D eigenvalue weighted by Crippen LogP contribution is -2.25. The molecule has 0 atom stereocenters. The summed E-state index contributed by atoms with van der Waals surface area (Å²) in [5.41, 5.74) is 1.35. The van der Waals surface area contributed by atoms with Crippen LogP contribution in [-0.2, 0) is 4.79 Å². The summed E-state index contributed by atoms with van der Waals surface area (Å²) in [6, 6.07) is 3.71. The van der Waals surface area contributed by atoms with E-state index in [1.54, 1.807) is 28.6 Å². The van der Waals surface area contributed by atoms with Gasteiger partial charge in [0.05, 0.1) is 6.42 Å². The first-order chi connectivity index (χ1) is 11.2. The monoisotopic (exact) mass is 369 g/mol. The third-order valence-corrected chi connectivity index (χ3v) is 5.92. The second-order valence-corrected chi connectivity index (χ2v) is 7.88. The van der Waals surface area contributed by atoms with Gasteiger partial charge in [-0.25, -0.2) is 4.98 Å². The van der Waals surface area contributed by atoms with E-state index in [0.29, 0.717) is 18.0 Å². The van der Waals surface area contributed by atoms with E-state index in [9.17, 15) is 9.59 Å². The Labute approximate surface area is 145 Å². The van der Waals surface area contributed by atoms with E-state index in [1.165, 1.54) is 22.1 Å². The second kappa shape index (κ2) is 9.53. The fourth-order valence-electron chi connectivity index (χ4n) is 1.55. The Hall–Kier alpha value is -1.58. The third-order valence-electron chi connectivity index (χ3n) is 2.62. The molecule has 9 heteroatoms. The number of rotatable bonds is 9. The number of nitrogens with one attached hydrogen (secondary N) is 1. The Bertz CT molecular complexity index is 649. The van der Waals surface area contributed by atoms with Gasteiger partial charge in [-0.15, -0.1) is 11.3 Å². The van der Waals surface area contributed by atoms with Gasteiger partial charge in [0.15, 0.2) is 0 Å². The minimum Gasteiger partial charge on any atom is -0.481 e. The van der Waals surface area contributed by atoms with Crippen molar-refractivity contribution in [1.29, 1.82) is 0 Å². The lowest BCUT2D eigenvalue weighted by Gasteiger charge is -2.02. The van der Waals surface area contributed by atoms with Crippen molar-refractivity contribution in [3.05, 3.63) is 35.6 Å². The van der Waals surface area contributed by atoms with E-state index in [4.69, 9.17) is 5.11 Å². The number of amides is 1. The highest BCUT2D eigenvalue weighted by Gasteiger charge is 2.11. The highest BCUT2D eigenvalue weighted by Crippen LogP contribution is 2.23. The Morgan fingerprint density at radius 1 is 1.22 bits per heavy atom. The van der Waals surface area contributed by atoms with Gasteiger partial charge in [-0.05, 0) is 12.1 Å². The first-order valence-corrected chi connectivity index (χ1v) is 10.1. The zero-order chi connectivity index (χ0) is 16.5. The quantitative estimate of drug-likeness (QED) is 0.518. The topological polar surface area (TPSA) is 92.2 Å². The molecule has 0 saturated heterocycles. The maximum Gasteiger partial charge on any atom is 0.304 e. The first-order valence-electron chi connectivity index (χ1n) is 6.77. The summed E-state index contributed by atoms with van der Waals surface area (Å²) in [5.74, 6) is 0.296. The van der Waals surface area contributed by atoms with Crippen LogP contribution in [0.4, 0.5) is 0 Å². The van der Waals surface area contributed by atoms with Gasteiger partial charge in [-0.3, -0.25) is 14.6 Å². The average Bonchev–Trinajstić information content (AvgIpc) is 3.04. The van der Waals surface area contributed by atoms with Gasteiger partial charge in [0.25, 0.3) is 5.91 Å². The standard InChI is InChI=1S/C14H15N3O3S3/c18-12(19)3-7-22-23-8-6-16-13(20)11-9-21-14(17-11)10-1-4-15-5-2-10/h1-2,4-5,9H,3,6-8H2,(H,16,20)(H,18,19). The molecule has 1 amide bonds. The third kappa shape index (κ3) is 6.20. The van der Waals surface area contributed by atoms with Gasteiger partial charge in [0.1, 0.15) is 10.7 Å². The second-order valence-electron chi connectivity index (χ2n) is 4.32. The molecule has 0 fully saturated rings. The van der Waals surface area contributed by atoms with E-state index in [2.05, 4.69) is 15.3 Å². The summed E-state index contributed by atoms with van der Waals surface area (Å²) < 4.78 is 0. The van der Waals surface area contributed by atoms with Crippen LogP contribution in [0.2, 0.25) is 0 Å². The number of nitrogens with zero attached hydrogens (tertiary/aromatic N) is 2. The molecular weight excluding hydrogens is 354 g/mol. The van der Waals surface area contributed by atoms with Crippen LogP contribution < -0.4 is 5.32 Å². The molecule has 0 spiro atoms. The molecule has 2 aromatic rings. The molecule has 23 heavy (non-hydrogen) atoms. The van der Waals surface area contributed by atoms with E-state index < -0.39 is 5.97 Å². The fourth-order valence-corrected chi connectivity index (χ4v) is 4.24. The average molecular weight is 369 g/mol. The SMILES string of the molecule is O=C(O)CCSSCCNC(=O)c1csc(-c2ccncc2)n1. The van der Waals surface area contributed by atoms with Crippen molar-refractivity contribution < 1.29 is 14.7 Å². The largest absolute Gasteiger partial charge is 0.481 e. The van der Waals surface area contributed by atoms with Crippen LogP contribution >= 0.6 is 32.9 Å². The van der Waals surface area contributed by atoms with E-state index >= 15 is 0 Å². The van der Waals surface area contributed by atoms with Crippen molar-refractivity contribution in [2.45, 2.75) is 6.42 Å². The van der Waals surface area contributed by atoms with Gasteiger partial charge >= 0.3 is 5.97 Å². The van der Waals surface area contributed by atoms with Gasteiger partial charge in [-0.1, -0.05) is 21.6 Å². The van der Waals surface area contributed by atoms with Crippen LogP contribution in [0.1, 0.15) is 16.9 Å². The molecule has 0 aliphatic rings. The van der Waals surface area contributed by atoms with Crippen molar-refractivity contribution in [3.8, 4) is 10.6 Å². The molecule has 0 saturated carbocycles. The van der Waals surface area contributed by atoms with Crippen molar-refractivity contribution in [2.24, 2.45) is 0 Å². The number of carbonyl (C=O) groups is 2. The van der Waals surface area contributed by atoms with Gasteiger partial charge in [-0.2, -0.15) is 0 Å². The van der Waals surface area contributed by atoms with Crippen molar-refractivity contribution >= 4 is 44.8 Å². The molecular formula is C14H15N3O3S3. The number of carbonyl (C=O) groups excluding carboxylic acids is 1. The smallest absolute Gasteiger partial charge is 0.304 e. The molecule has 2 N–H and O–H groups in total. The highest BCUT2D eigenvalue weighted by molar-refractivity contribution is 8.76. The first kappa shape index (κ1) is 17.8. The van der Waals surface area contributed by atoms with Crippen molar-refractivity contribution in [1.82, 2.24) is 15.3 Å².